The molecule has 1 aromatic carbocycles. The Hall–Kier alpha value is -2.13. The summed E-state index contributed by atoms with van der Waals surface area (Å²) in [5.41, 5.74) is 0.380. The van der Waals surface area contributed by atoms with Gasteiger partial charge in [0, 0.05) is 18.0 Å². The molecule has 20 heavy (non-hydrogen) atoms. The van der Waals surface area contributed by atoms with Gasteiger partial charge in [0.15, 0.2) is 0 Å². The predicted octanol–water partition coefficient (Wildman–Crippen LogP) is 2.43. The number of rotatable bonds is 5. The first-order chi connectivity index (χ1) is 9.60. The van der Waals surface area contributed by atoms with E-state index in [1.54, 1.807) is 12.1 Å². The molecule has 0 amide bonds. The number of nitriles is 1. The highest BCUT2D eigenvalue weighted by atomic mass is 16.6. The van der Waals surface area contributed by atoms with Crippen LogP contribution in [0.1, 0.15) is 31.2 Å². The van der Waals surface area contributed by atoms with E-state index < -0.39 is 4.92 Å². The lowest BCUT2D eigenvalue weighted by Crippen LogP contribution is -2.30. The van der Waals surface area contributed by atoms with Crippen molar-refractivity contribution in [2.75, 3.05) is 18.5 Å². The zero-order chi connectivity index (χ0) is 14.6. The van der Waals surface area contributed by atoms with Crippen molar-refractivity contribution < 1.29 is 10.0 Å². The Labute approximate surface area is 117 Å². The summed E-state index contributed by atoms with van der Waals surface area (Å²) in [5.74, 6) is 0. The van der Waals surface area contributed by atoms with Crippen molar-refractivity contribution in [1.29, 1.82) is 5.26 Å². The van der Waals surface area contributed by atoms with Crippen LogP contribution >= 0.6 is 0 Å². The van der Waals surface area contributed by atoms with Gasteiger partial charge in [0.25, 0.3) is 5.69 Å². The molecule has 6 heteroatoms. The minimum absolute atomic E-state index is 0.0874. The van der Waals surface area contributed by atoms with Gasteiger partial charge in [0.1, 0.15) is 5.69 Å². The first-order valence-corrected chi connectivity index (χ1v) is 6.63. The Morgan fingerprint density at radius 2 is 2.15 bits per heavy atom. The standard InChI is InChI=1S/C14H17N3O3/c15-8-11-3-4-12(13(7-11)17(19)20)16-9-14(10-18)5-1-2-6-14/h3-4,7,16,18H,1-2,5-6,9-10H2. The third-order valence-electron chi connectivity index (χ3n) is 3.98. The fourth-order valence-electron chi connectivity index (χ4n) is 2.70. The second-order valence-electron chi connectivity index (χ2n) is 5.32. The molecule has 0 radical (unpaired) electrons. The van der Waals surface area contributed by atoms with E-state index in [4.69, 9.17) is 5.26 Å². The molecule has 0 saturated heterocycles. The van der Waals surface area contributed by atoms with Gasteiger partial charge in [-0.3, -0.25) is 10.1 Å². The smallest absolute Gasteiger partial charge is 0.293 e. The summed E-state index contributed by atoms with van der Waals surface area (Å²) in [6, 6.07) is 6.26. The molecule has 0 unspecified atom stereocenters. The summed E-state index contributed by atoms with van der Waals surface area (Å²) < 4.78 is 0. The minimum atomic E-state index is -0.497. The molecule has 1 saturated carbocycles. The van der Waals surface area contributed by atoms with Gasteiger partial charge < -0.3 is 10.4 Å². The van der Waals surface area contributed by atoms with Gasteiger partial charge in [-0.2, -0.15) is 5.26 Å². The number of benzene rings is 1. The SMILES string of the molecule is N#Cc1ccc(NCC2(CO)CCCC2)c([N+](=O)[O-])c1. The van der Waals surface area contributed by atoms with Crippen molar-refractivity contribution in [2.24, 2.45) is 5.41 Å². The molecule has 0 heterocycles. The molecule has 106 valence electrons. The van der Waals surface area contributed by atoms with E-state index in [-0.39, 0.29) is 23.3 Å². The maximum Gasteiger partial charge on any atom is 0.293 e. The molecule has 1 aromatic rings. The Morgan fingerprint density at radius 1 is 1.45 bits per heavy atom. The van der Waals surface area contributed by atoms with Gasteiger partial charge in [-0.1, -0.05) is 12.8 Å². The van der Waals surface area contributed by atoms with Crippen molar-refractivity contribution in [3.63, 3.8) is 0 Å². The van der Waals surface area contributed by atoms with E-state index in [1.165, 1.54) is 6.07 Å². The number of nitro benzene ring substituents is 1. The minimum Gasteiger partial charge on any atom is -0.396 e. The summed E-state index contributed by atoms with van der Waals surface area (Å²) in [6.45, 7) is 0.598. The molecule has 2 rings (SSSR count). The molecule has 2 N–H and O–H groups in total. The van der Waals surface area contributed by atoms with Gasteiger partial charge in [-0.25, -0.2) is 0 Å². The molecule has 1 aliphatic carbocycles. The third-order valence-corrected chi connectivity index (χ3v) is 3.98. The normalized spacial score (nSPS) is 16.6. The van der Waals surface area contributed by atoms with Crippen LogP contribution in [0.4, 0.5) is 11.4 Å². The first kappa shape index (κ1) is 14.3. The lowest BCUT2D eigenvalue weighted by atomic mass is 9.87. The fourth-order valence-corrected chi connectivity index (χ4v) is 2.70. The summed E-state index contributed by atoms with van der Waals surface area (Å²) in [4.78, 5) is 10.5. The lowest BCUT2D eigenvalue weighted by Gasteiger charge is -2.27. The summed E-state index contributed by atoms with van der Waals surface area (Å²) >= 11 is 0. The van der Waals surface area contributed by atoms with Gasteiger partial charge >= 0.3 is 0 Å². The van der Waals surface area contributed by atoms with Gasteiger partial charge in [-0.15, -0.1) is 0 Å². The monoisotopic (exact) mass is 275 g/mol. The number of nitrogens with one attached hydrogen (secondary N) is 1. The van der Waals surface area contributed by atoms with Crippen LogP contribution < -0.4 is 5.32 Å². The molecule has 1 aliphatic rings. The van der Waals surface area contributed by atoms with E-state index in [0.29, 0.717) is 12.2 Å². The van der Waals surface area contributed by atoms with Crippen LogP contribution in [-0.4, -0.2) is 23.2 Å². The average molecular weight is 275 g/mol. The molecular weight excluding hydrogens is 258 g/mol. The number of nitro groups is 1. The maximum atomic E-state index is 11.0. The molecule has 0 spiro atoms. The number of aliphatic hydroxyl groups excluding tert-OH is 1. The third kappa shape index (κ3) is 2.89. The highest BCUT2D eigenvalue weighted by Crippen LogP contribution is 2.38. The Morgan fingerprint density at radius 3 is 2.70 bits per heavy atom. The van der Waals surface area contributed by atoms with E-state index in [9.17, 15) is 15.2 Å². The number of hydrogen-bond acceptors (Lipinski definition) is 5. The van der Waals surface area contributed by atoms with Gasteiger partial charge in [0.2, 0.25) is 0 Å². The molecule has 0 atom stereocenters. The zero-order valence-electron chi connectivity index (χ0n) is 11.1. The summed E-state index contributed by atoms with van der Waals surface area (Å²) in [5, 5.41) is 32.4. The van der Waals surface area contributed by atoms with Crippen molar-refractivity contribution in [2.45, 2.75) is 25.7 Å². The molecule has 1 fully saturated rings. The first-order valence-electron chi connectivity index (χ1n) is 6.63. The van der Waals surface area contributed by atoms with E-state index in [0.717, 1.165) is 25.7 Å². The van der Waals surface area contributed by atoms with Crippen LogP contribution in [0.2, 0.25) is 0 Å². The Bertz CT molecular complexity index is 545. The number of anilines is 1. The zero-order valence-corrected chi connectivity index (χ0v) is 11.1. The van der Waals surface area contributed by atoms with Crippen molar-refractivity contribution in [3.8, 4) is 6.07 Å². The quantitative estimate of drug-likeness (QED) is 0.635. The largest absolute Gasteiger partial charge is 0.396 e. The van der Waals surface area contributed by atoms with Crippen LogP contribution in [-0.2, 0) is 0 Å². The summed E-state index contributed by atoms with van der Waals surface area (Å²) in [7, 11) is 0. The molecule has 0 aromatic heterocycles. The Balaban J connectivity index is 2.17. The topological polar surface area (TPSA) is 99.2 Å². The number of hydrogen-bond donors (Lipinski definition) is 2. The van der Waals surface area contributed by atoms with Crippen LogP contribution in [0.25, 0.3) is 0 Å². The van der Waals surface area contributed by atoms with Crippen LogP contribution in [0, 0.1) is 26.9 Å². The fraction of sp³-hybridized carbons (Fsp3) is 0.500. The summed E-state index contributed by atoms with van der Waals surface area (Å²) in [6.07, 6.45) is 4.02. The highest BCUT2D eigenvalue weighted by Gasteiger charge is 2.33. The predicted molar refractivity (Wildman–Crippen MR) is 74.3 cm³/mol. The second-order valence-corrected chi connectivity index (χ2v) is 5.32. The van der Waals surface area contributed by atoms with Crippen LogP contribution in [0.5, 0.6) is 0 Å². The second kappa shape index (κ2) is 5.88. The maximum absolute atomic E-state index is 11.0. The van der Waals surface area contributed by atoms with E-state index >= 15 is 0 Å². The highest BCUT2D eigenvalue weighted by molar-refractivity contribution is 5.64. The van der Waals surface area contributed by atoms with Gasteiger partial charge in [-0.05, 0) is 25.0 Å². The molecular formula is C14H17N3O3. The van der Waals surface area contributed by atoms with E-state index in [1.807, 2.05) is 6.07 Å². The molecule has 0 aliphatic heterocycles. The van der Waals surface area contributed by atoms with Crippen LogP contribution in [0.3, 0.4) is 0 Å². The molecule has 0 bridgehead atoms. The van der Waals surface area contributed by atoms with Crippen molar-refractivity contribution in [3.05, 3.63) is 33.9 Å². The van der Waals surface area contributed by atoms with Crippen molar-refractivity contribution in [1.82, 2.24) is 0 Å². The average Bonchev–Trinajstić information content (AvgIpc) is 2.94. The Kier molecular flexibility index (Phi) is 4.20. The van der Waals surface area contributed by atoms with E-state index in [2.05, 4.69) is 5.32 Å². The number of nitrogens with zero attached hydrogens (tertiary/aromatic N) is 2. The number of aliphatic hydroxyl groups is 1. The van der Waals surface area contributed by atoms with Crippen molar-refractivity contribution >= 4 is 11.4 Å². The van der Waals surface area contributed by atoms with Gasteiger partial charge in [0.05, 0.1) is 23.2 Å². The molecule has 6 nitrogen and oxygen atoms in total. The van der Waals surface area contributed by atoms with Crippen LogP contribution in [0.15, 0.2) is 18.2 Å². The lowest BCUT2D eigenvalue weighted by molar-refractivity contribution is -0.384.